The predicted molar refractivity (Wildman–Crippen MR) is 129 cm³/mol. The first-order valence-electron chi connectivity index (χ1n) is 11.2. The summed E-state index contributed by atoms with van der Waals surface area (Å²) in [6.07, 6.45) is 6.28. The number of sulfone groups is 1. The van der Waals surface area contributed by atoms with E-state index in [9.17, 15) is 13.2 Å². The number of aromatic amines is 1. The SMILES string of the molecule is O=C(c1cncc2cn[nH]c12)N1CCC(=C2c3ccccc3CS(=O)(=O)c3ccccc32)CC1. The van der Waals surface area contributed by atoms with Crippen molar-refractivity contribution in [2.24, 2.45) is 0 Å². The maximum absolute atomic E-state index is 13.3. The molecule has 4 heterocycles. The van der Waals surface area contributed by atoms with Gasteiger partial charge in [0.15, 0.2) is 9.84 Å². The van der Waals surface area contributed by atoms with Gasteiger partial charge in [0.2, 0.25) is 0 Å². The zero-order chi connectivity index (χ0) is 23.3. The molecule has 0 bridgehead atoms. The first kappa shape index (κ1) is 20.8. The fourth-order valence-corrected chi connectivity index (χ4v) is 6.68. The molecule has 2 aromatic heterocycles. The van der Waals surface area contributed by atoms with Gasteiger partial charge in [-0.1, -0.05) is 48.0 Å². The van der Waals surface area contributed by atoms with E-state index in [1.54, 1.807) is 30.7 Å². The summed E-state index contributed by atoms with van der Waals surface area (Å²) in [5.41, 5.74) is 5.93. The van der Waals surface area contributed by atoms with Crippen molar-refractivity contribution < 1.29 is 13.2 Å². The van der Waals surface area contributed by atoms with Gasteiger partial charge in [-0.15, -0.1) is 0 Å². The monoisotopic (exact) mass is 470 g/mol. The number of amides is 1. The molecule has 0 atom stereocenters. The van der Waals surface area contributed by atoms with Crippen LogP contribution in [0.25, 0.3) is 16.5 Å². The van der Waals surface area contributed by atoms with Crippen LogP contribution in [-0.2, 0) is 15.6 Å². The van der Waals surface area contributed by atoms with Crippen molar-refractivity contribution in [3.05, 3.63) is 94.9 Å². The zero-order valence-electron chi connectivity index (χ0n) is 18.4. The van der Waals surface area contributed by atoms with Crippen LogP contribution in [-0.4, -0.2) is 47.5 Å². The highest BCUT2D eigenvalue weighted by Crippen LogP contribution is 2.41. The first-order valence-corrected chi connectivity index (χ1v) is 12.9. The lowest BCUT2D eigenvalue weighted by atomic mass is 9.86. The van der Waals surface area contributed by atoms with Gasteiger partial charge < -0.3 is 4.90 Å². The standard InChI is InChI=1S/C26H22N4O3S/c31-26(22-15-27-13-19-14-28-29-25(19)22)30-11-9-17(10-12-30)24-20-6-2-1-5-18(20)16-34(32,33)23-8-4-3-7-21(23)24/h1-8,13-15H,9-12,16H2,(H,28,29). The minimum Gasteiger partial charge on any atom is -0.338 e. The molecule has 6 rings (SSSR count). The molecule has 1 amide bonds. The molecule has 0 radical (unpaired) electrons. The van der Waals surface area contributed by atoms with Crippen molar-refractivity contribution in [3.63, 3.8) is 0 Å². The number of carbonyl (C=O) groups excluding carboxylic acids is 1. The van der Waals surface area contributed by atoms with Crippen LogP contribution < -0.4 is 0 Å². The van der Waals surface area contributed by atoms with E-state index in [1.807, 2.05) is 41.3 Å². The average Bonchev–Trinajstić information content (AvgIpc) is 3.31. The molecular formula is C26H22N4O3S. The Bertz CT molecular complexity index is 1580. The third-order valence-corrected chi connectivity index (χ3v) is 8.43. The number of fused-ring (bicyclic) bond motifs is 3. The molecule has 4 aromatic rings. The van der Waals surface area contributed by atoms with Gasteiger partial charge in [-0.05, 0) is 35.6 Å². The Morgan fingerprint density at radius 2 is 1.65 bits per heavy atom. The fourth-order valence-electron chi connectivity index (χ4n) is 5.07. The maximum Gasteiger partial charge on any atom is 0.257 e. The number of nitrogens with one attached hydrogen (secondary N) is 1. The Hall–Kier alpha value is -3.78. The van der Waals surface area contributed by atoms with Crippen LogP contribution in [0.1, 0.15) is 39.9 Å². The lowest BCUT2D eigenvalue weighted by Crippen LogP contribution is -2.36. The summed E-state index contributed by atoms with van der Waals surface area (Å²) < 4.78 is 26.4. The van der Waals surface area contributed by atoms with Crippen molar-refractivity contribution in [1.29, 1.82) is 0 Å². The summed E-state index contributed by atoms with van der Waals surface area (Å²) >= 11 is 0. The normalized spacial score (nSPS) is 17.2. The third kappa shape index (κ3) is 3.33. The maximum atomic E-state index is 13.3. The predicted octanol–water partition coefficient (Wildman–Crippen LogP) is 3.98. The van der Waals surface area contributed by atoms with Gasteiger partial charge >= 0.3 is 0 Å². The van der Waals surface area contributed by atoms with Crippen LogP contribution in [0.5, 0.6) is 0 Å². The van der Waals surface area contributed by atoms with E-state index >= 15 is 0 Å². The zero-order valence-corrected chi connectivity index (χ0v) is 19.2. The van der Waals surface area contributed by atoms with Gasteiger partial charge in [0.05, 0.1) is 27.9 Å². The van der Waals surface area contributed by atoms with E-state index in [-0.39, 0.29) is 11.7 Å². The van der Waals surface area contributed by atoms with Crippen LogP contribution in [0.2, 0.25) is 0 Å². The van der Waals surface area contributed by atoms with E-state index in [4.69, 9.17) is 0 Å². The van der Waals surface area contributed by atoms with Crippen molar-refractivity contribution in [3.8, 4) is 0 Å². The molecule has 2 aliphatic rings. The molecule has 1 saturated heterocycles. The number of nitrogens with zero attached hydrogens (tertiary/aromatic N) is 3. The van der Waals surface area contributed by atoms with Gasteiger partial charge in [-0.2, -0.15) is 5.10 Å². The highest BCUT2D eigenvalue weighted by atomic mass is 32.2. The smallest absolute Gasteiger partial charge is 0.257 e. The Morgan fingerprint density at radius 1 is 0.912 bits per heavy atom. The summed E-state index contributed by atoms with van der Waals surface area (Å²) in [6.45, 7) is 1.11. The Kier molecular flexibility index (Phi) is 4.84. The van der Waals surface area contributed by atoms with Crippen molar-refractivity contribution in [2.45, 2.75) is 23.5 Å². The molecule has 8 heteroatoms. The van der Waals surface area contributed by atoms with Crippen LogP contribution >= 0.6 is 0 Å². The summed E-state index contributed by atoms with van der Waals surface area (Å²) in [5, 5.41) is 7.74. The first-order chi connectivity index (χ1) is 16.5. The van der Waals surface area contributed by atoms with Crippen LogP contribution in [0.3, 0.4) is 0 Å². The molecule has 2 aromatic carbocycles. The second kappa shape index (κ2) is 7.92. The van der Waals surface area contributed by atoms with Gasteiger partial charge in [0.25, 0.3) is 5.91 Å². The lowest BCUT2D eigenvalue weighted by Gasteiger charge is -2.30. The number of aromatic nitrogens is 3. The van der Waals surface area contributed by atoms with E-state index in [0.29, 0.717) is 41.9 Å². The van der Waals surface area contributed by atoms with E-state index in [0.717, 1.165) is 27.6 Å². The Morgan fingerprint density at radius 3 is 2.47 bits per heavy atom. The van der Waals surface area contributed by atoms with E-state index < -0.39 is 9.84 Å². The minimum absolute atomic E-state index is 0.0111. The summed E-state index contributed by atoms with van der Waals surface area (Å²) in [4.78, 5) is 19.7. The molecule has 170 valence electrons. The highest BCUT2D eigenvalue weighted by Gasteiger charge is 2.31. The highest BCUT2D eigenvalue weighted by molar-refractivity contribution is 7.90. The molecule has 1 N–H and O–H groups in total. The van der Waals surface area contributed by atoms with E-state index in [1.165, 1.54) is 5.57 Å². The van der Waals surface area contributed by atoms with Gasteiger partial charge in [-0.25, -0.2) is 8.42 Å². The van der Waals surface area contributed by atoms with Gasteiger partial charge in [-0.3, -0.25) is 14.9 Å². The number of hydrogen-bond acceptors (Lipinski definition) is 5. The largest absolute Gasteiger partial charge is 0.338 e. The molecule has 34 heavy (non-hydrogen) atoms. The van der Waals surface area contributed by atoms with Crippen LogP contribution in [0.15, 0.2) is 77.6 Å². The van der Waals surface area contributed by atoms with Crippen molar-refractivity contribution in [1.82, 2.24) is 20.1 Å². The molecule has 2 aliphatic heterocycles. The van der Waals surface area contributed by atoms with Crippen LogP contribution in [0.4, 0.5) is 0 Å². The topological polar surface area (TPSA) is 96.0 Å². The van der Waals surface area contributed by atoms with Gasteiger partial charge in [0, 0.05) is 36.4 Å². The van der Waals surface area contributed by atoms with Crippen molar-refractivity contribution in [2.75, 3.05) is 13.1 Å². The number of rotatable bonds is 1. The second-order valence-electron chi connectivity index (χ2n) is 8.70. The Labute approximate surface area is 197 Å². The number of likely N-dealkylation sites (tertiary alicyclic amines) is 1. The molecule has 0 aliphatic carbocycles. The molecule has 0 spiro atoms. The summed E-state index contributed by atoms with van der Waals surface area (Å²) in [6, 6.07) is 15.0. The molecule has 0 saturated carbocycles. The van der Waals surface area contributed by atoms with Gasteiger partial charge in [0.1, 0.15) is 0 Å². The Balaban J connectivity index is 1.39. The lowest BCUT2D eigenvalue weighted by molar-refractivity contribution is 0.0745. The van der Waals surface area contributed by atoms with E-state index in [2.05, 4.69) is 15.2 Å². The molecular weight excluding hydrogens is 448 g/mol. The third-order valence-electron chi connectivity index (χ3n) is 6.72. The average molecular weight is 471 g/mol. The summed E-state index contributed by atoms with van der Waals surface area (Å²) in [5.74, 6) is -0.0846. The number of pyridine rings is 1. The van der Waals surface area contributed by atoms with Crippen molar-refractivity contribution >= 4 is 32.2 Å². The summed E-state index contributed by atoms with van der Waals surface area (Å²) in [7, 11) is -3.45. The van der Waals surface area contributed by atoms with Crippen LogP contribution in [0, 0.1) is 0 Å². The minimum atomic E-state index is -3.45. The number of piperidine rings is 1. The quantitative estimate of drug-likeness (QED) is 0.454. The second-order valence-corrected chi connectivity index (χ2v) is 10.7. The molecule has 1 fully saturated rings. The molecule has 7 nitrogen and oxygen atoms in total. The number of benzene rings is 2. The molecule has 0 unspecified atom stereocenters. The fraction of sp³-hybridized carbons (Fsp3) is 0.192. The number of carbonyl (C=O) groups is 1. The number of H-pyrrole nitrogens is 1. The number of hydrogen-bond donors (Lipinski definition) is 1.